The van der Waals surface area contributed by atoms with Gasteiger partial charge >= 0.3 is 0 Å². The van der Waals surface area contributed by atoms with Gasteiger partial charge in [0.05, 0.1) is 18.2 Å². The molecule has 0 bridgehead atoms. The maximum absolute atomic E-state index is 5.59. The molecule has 0 radical (unpaired) electrons. The smallest absolute Gasteiger partial charge is 0.0814 e. The lowest BCUT2D eigenvalue weighted by atomic mass is 10.00. The second-order valence-corrected chi connectivity index (χ2v) is 3.83. The topological polar surface area (TPSA) is 56.5 Å². The molecule has 0 aromatic carbocycles. The molecule has 0 aliphatic heterocycles. The monoisotopic (exact) mass is 204 g/mol. The zero-order valence-electron chi connectivity index (χ0n) is 9.80. The van der Waals surface area contributed by atoms with Gasteiger partial charge in [-0.15, -0.1) is 0 Å². The second-order valence-electron chi connectivity index (χ2n) is 3.83. The van der Waals surface area contributed by atoms with Crippen LogP contribution in [0.4, 0.5) is 0 Å². The molecule has 4 nitrogen and oxygen atoms in total. The van der Waals surface area contributed by atoms with Crippen LogP contribution in [0.1, 0.15) is 34.1 Å². The Balaban J connectivity index is 3.96. The van der Waals surface area contributed by atoms with E-state index in [1.165, 1.54) is 0 Å². The largest absolute Gasteiger partial charge is 0.380 e. The fourth-order valence-electron chi connectivity index (χ4n) is 1.27. The van der Waals surface area contributed by atoms with Gasteiger partial charge in [0.25, 0.3) is 0 Å². The van der Waals surface area contributed by atoms with Crippen molar-refractivity contribution in [2.24, 2.45) is 5.84 Å². The lowest BCUT2D eigenvalue weighted by molar-refractivity contribution is -0.0601. The minimum atomic E-state index is -0.294. The van der Waals surface area contributed by atoms with E-state index < -0.39 is 0 Å². The Hall–Kier alpha value is -0.160. The van der Waals surface area contributed by atoms with Gasteiger partial charge in [0.1, 0.15) is 0 Å². The van der Waals surface area contributed by atoms with Gasteiger partial charge in [-0.3, -0.25) is 11.3 Å². The molecule has 0 amide bonds. The van der Waals surface area contributed by atoms with Crippen LogP contribution in [-0.2, 0) is 9.47 Å². The summed E-state index contributed by atoms with van der Waals surface area (Å²) in [7, 11) is 0. The van der Waals surface area contributed by atoms with Gasteiger partial charge in [0.15, 0.2) is 0 Å². The Kier molecular flexibility index (Phi) is 7.09. The van der Waals surface area contributed by atoms with Crippen LogP contribution in [0.15, 0.2) is 0 Å². The fourth-order valence-corrected chi connectivity index (χ4v) is 1.27. The molecule has 0 saturated carbocycles. The summed E-state index contributed by atoms with van der Waals surface area (Å²) in [6, 6.07) is 0.0222. The first-order valence-electron chi connectivity index (χ1n) is 5.26. The van der Waals surface area contributed by atoms with Gasteiger partial charge in [-0.25, -0.2) is 0 Å². The summed E-state index contributed by atoms with van der Waals surface area (Å²) in [4.78, 5) is 0. The molecule has 0 rings (SSSR count). The van der Waals surface area contributed by atoms with E-state index in [9.17, 15) is 0 Å². The highest BCUT2D eigenvalue weighted by Crippen LogP contribution is 2.14. The van der Waals surface area contributed by atoms with Crippen molar-refractivity contribution in [1.29, 1.82) is 0 Å². The third-order valence-corrected chi connectivity index (χ3v) is 2.19. The highest BCUT2D eigenvalue weighted by atomic mass is 16.5. The van der Waals surface area contributed by atoms with Crippen molar-refractivity contribution in [2.45, 2.75) is 45.8 Å². The van der Waals surface area contributed by atoms with Crippen molar-refractivity contribution < 1.29 is 9.47 Å². The van der Waals surface area contributed by atoms with Crippen molar-refractivity contribution in [3.63, 3.8) is 0 Å². The van der Waals surface area contributed by atoms with Crippen LogP contribution >= 0.6 is 0 Å². The number of nitrogens with one attached hydrogen (secondary N) is 1. The normalized spacial score (nSPS) is 14.4. The standard InChI is InChI=1S/C10H24N2O2/c1-5-7-13-8-9(12-11)10(3,4)14-6-2/h9,12H,5-8,11H2,1-4H3. The van der Waals surface area contributed by atoms with E-state index in [4.69, 9.17) is 15.3 Å². The zero-order valence-corrected chi connectivity index (χ0v) is 9.80. The Morgan fingerprint density at radius 3 is 2.43 bits per heavy atom. The van der Waals surface area contributed by atoms with Gasteiger partial charge in [-0.05, 0) is 27.2 Å². The van der Waals surface area contributed by atoms with E-state index in [0.29, 0.717) is 13.2 Å². The third kappa shape index (κ3) is 4.91. The molecule has 14 heavy (non-hydrogen) atoms. The molecule has 0 saturated heterocycles. The van der Waals surface area contributed by atoms with E-state index in [1.54, 1.807) is 0 Å². The number of nitrogens with two attached hydrogens (primary N) is 1. The van der Waals surface area contributed by atoms with E-state index in [0.717, 1.165) is 13.0 Å². The summed E-state index contributed by atoms with van der Waals surface area (Å²) >= 11 is 0. The third-order valence-electron chi connectivity index (χ3n) is 2.19. The average molecular weight is 204 g/mol. The molecule has 0 aromatic heterocycles. The molecule has 1 unspecified atom stereocenters. The summed E-state index contributed by atoms with van der Waals surface area (Å²) < 4.78 is 11.0. The average Bonchev–Trinajstić information content (AvgIpc) is 2.12. The molecule has 0 aliphatic rings. The van der Waals surface area contributed by atoms with E-state index >= 15 is 0 Å². The minimum Gasteiger partial charge on any atom is -0.380 e. The number of hydrogen-bond donors (Lipinski definition) is 2. The zero-order chi connectivity index (χ0) is 11.0. The van der Waals surface area contributed by atoms with Crippen molar-refractivity contribution in [1.82, 2.24) is 5.43 Å². The molecule has 0 heterocycles. The molecule has 86 valence electrons. The van der Waals surface area contributed by atoms with E-state index in [2.05, 4.69) is 12.3 Å². The van der Waals surface area contributed by atoms with Crippen LogP contribution in [-0.4, -0.2) is 31.5 Å². The van der Waals surface area contributed by atoms with Gasteiger partial charge < -0.3 is 9.47 Å². The van der Waals surface area contributed by atoms with Gasteiger partial charge in [0.2, 0.25) is 0 Å². The van der Waals surface area contributed by atoms with Gasteiger partial charge in [-0.2, -0.15) is 0 Å². The summed E-state index contributed by atoms with van der Waals surface area (Å²) in [6.45, 7) is 10.1. The Bertz CT molecular complexity index is 140. The van der Waals surface area contributed by atoms with Crippen LogP contribution < -0.4 is 11.3 Å². The summed E-state index contributed by atoms with van der Waals surface area (Å²) in [5, 5.41) is 0. The van der Waals surface area contributed by atoms with Crippen LogP contribution in [0.3, 0.4) is 0 Å². The van der Waals surface area contributed by atoms with E-state index in [1.807, 2.05) is 20.8 Å². The molecule has 0 aliphatic carbocycles. The van der Waals surface area contributed by atoms with Crippen molar-refractivity contribution in [3.8, 4) is 0 Å². The Morgan fingerprint density at radius 1 is 1.36 bits per heavy atom. The van der Waals surface area contributed by atoms with Crippen molar-refractivity contribution >= 4 is 0 Å². The quantitative estimate of drug-likeness (QED) is 0.353. The first-order chi connectivity index (χ1) is 6.58. The molecule has 4 heteroatoms. The molecular weight excluding hydrogens is 180 g/mol. The highest BCUT2D eigenvalue weighted by molar-refractivity contribution is 4.83. The molecular formula is C10H24N2O2. The number of hydrogen-bond acceptors (Lipinski definition) is 4. The van der Waals surface area contributed by atoms with Crippen LogP contribution in [0.25, 0.3) is 0 Å². The fraction of sp³-hybridized carbons (Fsp3) is 1.00. The number of ether oxygens (including phenoxy) is 2. The molecule has 0 spiro atoms. The maximum Gasteiger partial charge on any atom is 0.0814 e. The summed E-state index contributed by atoms with van der Waals surface area (Å²) in [6.07, 6.45) is 1.02. The first-order valence-corrected chi connectivity index (χ1v) is 5.26. The van der Waals surface area contributed by atoms with Gasteiger partial charge in [0, 0.05) is 13.2 Å². The van der Waals surface area contributed by atoms with Gasteiger partial charge in [-0.1, -0.05) is 6.92 Å². The number of rotatable bonds is 8. The Morgan fingerprint density at radius 2 is 2.00 bits per heavy atom. The molecule has 3 N–H and O–H groups in total. The van der Waals surface area contributed by atoms with Crippen molar-refractivity contribution in [2.75, 3.05) is 19.8 Å². The molecule has 0 fully saturated rings. The van der Waals surface area contributed by atoms with Crippen molar-refractivity contribution in [3.05, 3.63) is 0 Å². The predicted molar refractivity (Wildman–Crippen MR) is 57.9 cm³/mol. The van der Waals surface area contributed by atoms with E-state index in [-0.39, 0.29) is 11.6 Å². The predicted octanol–water partition coefficient (Wildman–Crippen LogP) is 1.06. The lowest BCUT2D eigenvalue weighted by Crippen LogP contribution is -2.54. The minimum absolute atomic E-state index is 0.0222. The number of hydrazine groups is 1. The second kappa shape index (κ2) is 7.17. The summed E-state index contributed by atoms with van der Waals surface area (Å²) in [5.41, 5.74) is 2.44. The Labute approximate surface area is 87.1 Å². The highest BCUT2D eigenvalue weighted by Gasteiger charge is 2.29. The summed E-state index contributed by atoms with van der Waals surface area (Å²) in [5.74, 6) is 5.46. The lowest BCUT2D eigenvalue weighted by Gasteiger charge is -2.33. The molecule has 1 atom stereocenters. The van der Waals surface area contributed by atoms with Crippen LogP contribution in [0.2, 0.25) is 0 Å². The maximum atomic E-state index is 5.59. The van der Waals surface area contributed by atoms with Crippen LogP contribution in [0.5, 0.6) is 0 Å². The first kappa shape index (κ1) is 13.8. The SMILES string of the molecule is CCCOCC(NN)C(C)(C)OCC. The van der Waals surface area contributed by atoms with Crippen LogP contribution in [0, 0.1) is 0 Å². The molecule has 0 aromatic rings.